The van der Waals surface area contributed by atoms with E-state index in [1.54, 1.807) is 0 Å². The lowest BCUT2D eigenvalue weighted by Crippen LogP contribution is -2.34. The average Bonchev–Trinajstić information content (AvgIpc) is 2.38. The van der Waals surface area contributed by atoms with Crippen molar-refractivity contribution in [2.24, 2.45) is 5.10 Å². The van der Waals surface area contributed by atoms with Crippen molar-refractivity contribution in [1.82, 2.24) is 0 Å². The van der Waals surface area contributed by atoms with Gasteiger partial charge in [0.1, 0.15) is 6.21 Å². The first-order valence-electron chi connectivity index (χ1n) is 6.38. The highest BCUT2D eigenvalue weighted by atomic mass is 15.3. The third-order valence-electron chi connectivity index (χ3n) is 3.07. The molecule has 0 fully saturated rings. The summed E-state index contributed by atoms with van der Waals surface area (Å²) in [4.78, 5) is 2.08. The summed E-state index contributed by atoms with van der Waals surface area (Å²) < 4.78 is 1.94. The zero-order valence-corrected chi connectivity index (χ0v) is 12.0. The van der Waals surface area contributed by atoms with E-state index in [1.165, 1.54) is 5.69 Å². The maximum absolute atomic E-state index is 4.53. The minimum absolute atomic E-state index is 1.10. The molecule has 3 heteroatoms. The number of pyridine rings is 1. The molecule has 2 aromatic rings. The van der Waals surface area contributed by atoms with Crippen LogP contribution in [0.1, 0.15) is 17.0 Å². The predicted octanol–water partition coefficient (Wildman–Crippen LogP) is 2.54. The fourth-order valence-electron chi connectivity index (χ4n) is 1.91. The van der Waals surface area contributed by atoms with Gasteiger partial charge in [-0.25, -0.2) is 0 Å². The largest absolute Gasteiger partial charge is 0.378 e. The van der Waals surface area contributed by atoms with Gasteiger partial charge in [-0.2, -0.15) is 0 Å². The van der Waals surface area contributed by atoms with Crippen LogP contribution in [-0.4, -0.2) is 20.3 Å². The highest BCUT2D eigenvalue weighted by Crippen LogP contribution is 2.10. The second-order valence-corrected chi connectivity index (χ2v) is 4.85. The summed E-state index contributed by atoms with van der Waals surface area (Å²) in [5, 5.41) is 4.53. The molecule has 2 rings (SSSR count). The van der Waals surface area contributed by atoms with E-state index in [0.717, 1.165) is 17.0 Å². The van der Waals surface area contributed by atoms with E-state index in [1.807, 2.05) is 31.1 Å². The van der Waals surface area contributed by atoms with Crippen LogP contribution in [0.2, 0.25) is 0 Å². The Kier molecular flexibility index (Phi) is 3.95. The molecule has 1 heterocycles. The van der Waals surface area contributed by atoms with Gasteiger partial charge in [-0.15, -0.1) is 0 Å². The van der Waals surface area contributed by atoms with Gasteiger partial charge in [-0.3, -0.25) is 0 Å². The zero-order valence-electron chi connectivity index (χ0n) is 12.0. The number of rotatable bonds is 3. The highest BCUT2D eigenvalue weighted by molar-refractivity contribution is 5.79. The fraction of sp³-hybridized carbons (Fsp3) is 0.250. The maximum Gasteiger partial charge on any atom is 0.211 e. The second-order valence-electron chi connectivity index (χ2n) is 4.85. The summed E-state index contributed by atoms with van der Waals surface area (Å²) in [6.45, 7) is 4.11. The van der Waals surface area contributed by atoms with Gasteiger partial charge in [0.2, 0.25) is 11.4 Å². The number of benzene rings is 1. The van der Waals surface area contributed by atoms with E-state index in [-0.39, 0.29) is 0 Å². The standard InChI is InChI=1S/C16H20N3/c1-13-6-5-7-14(2)19(13)17-12-15-8-10-16(11-9-15)18(3)4/h5-12H,1-4H3/q+1/b17-12+. The van der Waals surface area contributed by atoms with E-state index in [2.05, 4.69) is 60.2 Å². The van der Waals surface area contributed by atoms with Crippen LogP contribution in [0.5, 0.6) is 0 Å². The molecule has 0 amide bonds. The van der Waals surface area contributed by atoms with Gasteiger partial charge < -0.3 is 4.90 Å². The van der Waals surface area contributed by atoms with Crippen LogP contribution in [0.15, 0.2) is 47.6 Å². The van der Waals surface area contributed by atoms with E-state index in [9.17, 15) is 0 Å². The number of nitrogens with zero attached hydrogens (tertiary/aromatic N) is 3. The van der Waals surface area contributed by atoms with Gasteiger partial charge in [0.05, 0.1) is 0 Å². The molecule has 19 heavy (non-hydrogen) atoms. The monoisotopic (exact) mass is 254 g/mol. The topological polar surface area (TPSA) is 19.5 Å². The van der Waals surface area contributed by atoms with Crippen LogP contribution in [0.4, 0.5) is 5.69 Å². The van der Waals surface area contributed by atoms with E-state index in [4.69, 9.17) is 0 Å². The Hall–Kier alpha value is -2.16. The summed E-state index contributed by atoms with van der Waals surface area (Å²) in [6, 6.07) is 14.5. The Bertz CT molecular complexity index is 563. The van der Waals surface area contributed by atoms with Crippen LogP contribution >= 0.6 is 0 Å². The minimum Gasteiger partial charge on any atom is -0.378 e. The van der Waals surface area contributed by atoms with Gasteiger partial charge in [-0.1, -0.05) is 16.8 Å². The summed E-state index contributed by atoms with van der Waals surface area (Å²) in [6.07, 6.45) is 1.89. The summed E-state index contributed by atoms with van der Waals surface area (Å²) >= 11 is 0. The fourth-order valence-corrected chi connectivity index (χ4v) is 1.91. The van der Waals surface area contributed by atoms with Crippen LogP contribution in [0, 0.1) is 13.8 Å². The molecular formula is C16H20N3+. The Balaban J connectivity index is 2.23. The molecule has 0 aliphatic carbocycles. The van der Waals surface area contributed by atoms with Crippen molar-refractivity contribution in [3.63, 3.8) is 0 Å². The lowest BCUT2D eigenvalue weighted by molar-refractivity contribution is -0.690. The normalized spacial score (nSPS) is 10.9. The molecule has 1 aromatic carbocycles. The molecule has 0 atom stereocenters. The van der Waals surface area contributed by atoms with Crippen molar-refractivity contribution >= 4 is 11.9 Å². The van der Waals surface area contributed by atoms with Gasteiger partial charge >= 0.3 is 0 Å². The van der Waals surface area contributed by atoms with E-state index < -0.39 is 0 Å². The molecule has 0 saturated carbocycles. The van der Waals surface area contributed by atoms with Crippen molar-refractivity contribution in [3.8, 4) is 0 Å². The first-order chi connectivity index (χ1) is 9.08. The number of hydrogen-bond acceptors (Lipinski definition) is 2. The number of hydrogen-bond donors (Lipinski definition) is 0. The van der Waals surface area contributed by atoms with Crippen LogP contribution in [0.3, 0.4) is 0 Å². The van der Waals surface area contributed by atoms with E-state index >= 15 is 0 Å². The lowest BCUT2D eigenvalue weighted by Gasteiger charge is -2.11. The van der Waals surface area contributed by atoms with Gasteiger partial charge in [0.25, 0.3) is 0 Å². The van der Waals surface area contributed by atoms with Crippen LogP contribution < -0.4 is 9.58 Å². The minimum atomic E-state index is 1.10. The lowest BCUT2D eigenvalue weighted by atomic mass is 10.2. The summed E-state index contributed by atoms with van der Waals surface area (Å²) in [5.41, 5.74) is 4.54. The van der Waals surface area contributed by atoms with E-state index in [0.29, 0.717) is 0 Å². The van der Waals surface area contributed by atoms with Crippen molar-refractivity contribution in [2.75, 3.05) is 19.0 Å². The molecule has 3 nitrogen and oxygen atoms in total. The molecule has 0 N–H and O–H groups in total. The van der Waals surface area contributed by atoms with Gasteiger partial charge in [0, 0.05) is 45.8 Å². The predicted molar refractivity (Wildman–Crippen MR) is 79.9 cm³/mol. The molecule has 0 aliphatic heterocycles. The third-order valence-corrected chi connectivity index (χ3v) is 3.07. The SMILES string of the molecule is Cc1cccc(C)[n+]1/N=C/c1ccc(N(C)C)cc1. The summed E-state index contributed by atoms with van der Waals surface area (Å²) in [7, 11) is 4.07. The smallest absolute Gasteiger partial charge is 0.211 e. The number of aryl methyl sites for hydroxylation is 2. The van der Waals surface area contributed by atoms with Crippen LogP contribution in [0.25, 0.3) is 0 Å². The van der Waals surface area contributed by atoms with Crippen molar-refractivity contribution in [3.05, 3.63) is 59.4 Å². The third kappa shape index (κ3) is 3.19. The molecule has 0 bridgehead atoms. The molecular weight excluding hydrogens is 234 g/mol. The molecule has 0 spiro atoms. The summed E-state index contributed by atoms with van der Waals surface area (Å²) in [5.74, 6) is 0. The van der Waals surface area contributed by atoms with Crippen molar-refractivity contribution < 1.29 is 4.68 Å². The van der Waals surface area contributed by atoms with Gasteiger partial charge in [0.15, 0.2) is 0 Å². The highest BCUT2D eigenvalue weighted by Gasteiger charge is 2.07. The van der Waals surface area contributed by atoms with Crippen LogP contribution in [-0.2, 0) is 0 Å². The average molecular weight is 254 g/mol. The Morgan fingerprint density at radius 1 is 0.947 bits per heavy atom. The first kappa shape index (κ1) is 13.3. The maximum atomic E-state index is 4.53. The number of anilines is 1. The quantitative estimate of drug-likeness (QED) is 0.608. The Labute approximate surface area is 114 Å². The molecule has 0 saturated heterocycles. The molecule has 0 aliphatic rings. The number of aromatic nitrogens is 1. The first-order valence-corrected chi connectivity index (χ1v) is 6.38. The zero-order chi connectivity index (χ0) is 13.8. The Morgan fingerprint density at radius 3 is 2.05 bits per heavy atom. The van der Waals surface area contributed by atoms with Crippen molar-refractivity contribution in [1.29, 1.82) is 0 Å². The van der Waals surface area contributed by atoms with Crippen molar-refractivity contribution in [2.45, 2.75) is 13.8 Å². The molecule has 1 aromatic heterocycles. The molecule has 0 unspecified atom stereocenters. The molecule has 0 radical (unpaired) electrons. The molecule has 98 valence electrons. The second kappa shape index (κ2) is 5.65. The Morgan fingerprint density at radius 2 is 1.53 bits per heavy atom. The van der Waals surface area contributed by atoms with Gasteiger partial charge in [-0.05, 0) is 28.9 Å².